The first-order valence-corrected chi connectivity index (χ1v) is 12.7. The molecule has 1 amide bonds. The van der Waals surface area contributed by atoms with E-state index < -0.39 is 11.1 Å². The predicted molar refractivity (Wildman–Crippen MR) is 147 cm³/mol. The Morgan fingerprint density at radius 1 is 0.892 bits per heavy atom. The normalized spacial score (nSPS) is 11.9. The first-order chi connectivity index (χ1) is 17.9. The molecule has 0 aliphatic rings. The maximum absolute atomic E-state index is 13.7. The van der Waals surface area contributed by atoms with Gasteiger partial charge in [0.1, 0.15) is 11.1 Å². The van der Waals surface area contributed by atoms with Crippen LogP contribution in [0.5, 0.6) is 0 Å². The number of carbonyl (C=O) groups excluding carboxylic acids is 1. The summed E-state index contributed by atoms with van der Waals surface area (Å²) in [6.45, 7) is 3.96. The second kappa shape index (κ2) is 10.4. The van der Waals surface area contributed by atoms with E-state index in [0.717, 1.165) is 16.7 Å². The Bertz CT molecular complexity index is 1630. The number of halogens is 1. The van der Waals surface area contributed by atoms with E-state index in [9.17, 15) is 14.0 Å². The smallest absolute Gasteiger partial charge is 0.266 e. The zero-order chi connectivity index (χ0) is 25.9. The Kier molecular flexibility index (Phi) is 6.88. The van der Waals surface area contributed by atoms with Gasteiger partial charge in [0, 0.05) is 5.69 Å². The summed E-state index contributed by atoms with van der Waals surface area (Å²) in [5, 5.41) is 3.10. The molecule has 5 rings (SSSR count). The minimum absolute atomic E-state index is 0.241. The van der Waals surface area contributed by atoms with Crippen molar-refractivity contribution in [1.29, 1.82) is 0 Å². The molecule has 0 saturated heterocycles. The molecule has 0 bridgehead atoms. The number of hydrogen-bond acceptors (Lipinski definition) is 4. The Morgan fingerprint density at radius 2 is 1.54 bits per heavy atom. The molecule has 1 unspecified atom stereocenters. The number of aryl methyl sites for hydroxylation is 2. The highest BCUT2D eigenvalue weighted by Gasteiger charge is 2.26. The standard InChI is InChI=1S/C30H24FN3O2S/c1-19-16-20(2)18-23(17-19)32-28(35)27(21-8-4-3-5-9-21)37-30-33-26-11-7-6-10-25(26)29(36)34(30)24-14-12-22(31)13-15-24/h3-18,27H,1-2H3,(H,32,35). The molecule has 0 spiro atoms. The fourth-order valence-corrected chi connectivity index (χ4v) is 5.38. The Labute approximate surface area is 218 Å². The number of benzene rings is 4. The fraction of sp³-hybridized carbons (Fsp3) is 0.100. The van der Waals surface area contributed by atoms with E-state index in [0.29, 0.717) is 27.4 Å². The minimum Gasteiger partial charge on any atom is -0.325 e. The van der Waals surface area contributed by atoms with Gasteiger partial charge in [0.25, 0.3) is 5.56 Å². The van der Waals surface area contributed by atoms with Crippen LogP contribution >= 0.6 is 11.8 Å². The summed E-state index contributed by atoms with van der Waals surface area (Å²) >= 11 is 1.18. The molecule has 0 aliphatic heterocycles. The van der Waals surface area contributed by atoms with Crippen LogP contribution in [0.1, 0.15) is 21.9 Å². The minimum atomic E-state index is -0.707. The highest BCUT2D eigenvalue weighted by atomic mass is 32.2. The van der Waals surface area contributed by atoms with Crippen LogP contribution in [-0.2, 0) is 4.79 Å². The van der Waals surface area contributed by atoms with Gasteiger partial charge in [-0.15, -0.1) is 0 Å². The van der Waals surface area contributed by atoms with Gasteiger partial charge in [0.15, 0.2) is 5.16 Å². The highest BCUT2D eigenvalue weighted by molar-refractivity contribution is 8.00. The van der Waals surface area contributed by atoms with Gasteiger partial charge >= 0.3 is 0 Å². The van der Waals surface area contributed by atoms with E-state index >= 15 is 0 Å². The van der Waals surface area contributed by atoms with Crippen LogP contribution in [0, 0.1) is 19.7 Å². The van der Waals surface area contributed by atoms with Crippen LogP contribution in [0.3, 0.4) is 0 Å². The van der Waals surface area contributed by atoms with Gasteiger partial charge < -0.3 is 5.32 Å². The summed E-state index contributed by atoms with van der Waals surface area (Å²) in [6, 6.07) is 28.0. The zero-order valence-corrected chi connectivity index (χ0v) is 21.1. The number of para-hydroxylation sites is 1. The monoisotopic (exact) mass is 509 g/mol. The third-order valence-electron chi connectivity index (χ3n) is 5.88. The molecule has 0 fully saturated rings. The van der Waals surface area contributed by atoms with E-state index in [4.69, 9.17) is 4.98 Å². The van der Waals surface area contributed by atoms with Crippen molar-refractivity contribution in [2.75, 3.05) is 5.32 Å². The lowest BCUT2D eigenvalue weighted by Crippen LogP contribution is -2.24. The Morgan fingerprint density at radius 3 is 2.24 bits per heavy atom. The topological polar surface area (TPSA) is 64.0 Å². The highest BCUT2D eigenvalue weighted by Crippen LogP contribution is 2.36. The lowest BCUT2D eigenvalue weighted by Gasteiger charge is -2.20. The molecule has 184 valence electrons. The molecule has 0 radical (unpaired) electrons. The molecule has 1 aromatic heterocycles. The number of hydrogen-bond donors (Lipinski definition) is 1. The molecule has 4 aromatic carbocycles. The van der Waals surface area contributed by atoms with Gasteiger partial charge in [-0.1, -0.05) is 60.3 Å². The number of aromatic nitrogens is 2. The summed E-state index contributed by atoms with van der Waals surface area (Å²) in [5.74, 6) is -0.649. The van der Waals surface area contributed by atoms with E-state index in [-0.39, 0.29) is 11.5 Å². The summed E-state index contributed by atoms with van der Waals surface area (Å²) < 4.78 is 15.1. The first-order valence-electron chi connectivity index (χ1n) is 11.8. The Balaban J connectivity index is 1.63. The number of fused-ring (bicyclic) bond motifs is 1. The molecule has 1 heterocycles. The summed E-state index contributed by atoms with van der Waals surface area (Å²) in [5.41, 5.74) is 4.25. The van der Waals surface area contributed by atoms with Crippen LogP contribution in [-0.4, -0.2) is 15.5 Å². The van der Waals surface area contributed by atoms with Crippen molar-refractivity contribution in [3.63, 3.8) is 0 Å². The number of carbonyl (C=O) groups is 1. The maximum atomic E-state index is 13.7. The van der Waals surface area contributed by atoms with Crippen LogP contribution < -0.4 is 10.9 Å². The molecule has 5 aromatic rings. The van der Waals surface area contributed by atoms with Crippen LogP contribution in [0.2, 0.25) is 0 Å². The van der Waals surface area contributed by atoms with Crippen molar-refractivity contribution in [1.82, 2.24) is 9.55 Å². The van der Waals surface area contributed by atoms with Gasteiger partial charge in [-0.2, -0.15) is 0 Å². The number of nitrogens with one attached hydrogen (secondary N) is 1. The van der Waals surface area contributed by atoms with Gasteiger partial charge in [-0.25, -0.2) is 9.37 Å². The number of rotatable bonds is 6. The molecule has 37 heavy (non-hydrogen) atoms. The molecule has 1 N–H and O–H groups in total. The van der Waals surface area contributed by atoms with E-state index in [1.165, 1.54) is 40.6 Å². The van der Waals surface area contributed by atoms with Crippen molar-refractivity contribution in [2.45, 2.75) is 24.3 Å². The average molecular weight is 510 g/mol. The van der Waals surface area contributed by atoms with Crippen LogP contribution in [0.15, 0.2) is 107 Å². The van der Waals surface area contributed by atoms with Crippen molar-refractivity contribution in [2.24, 2.45) is 0 Å². The second-order valence-electron chi connectivity index (χ2n) is 8.80. The number of nitrogens with zero attached hydrogens (tertiary/aromatic N) is 2. The molecule has 7 heteroatoms. The average Bonchev–Trinajstić information content (AvgIpc) is 2.88. The quantitative estimate of drug-likeness (QED) is 0.207. The lowest BCUT2D eigenvalue weighted by atomic mass is 10.1. The van der Waals surface area contributed by atoms with E-state index in [2.05, 4.69) is 5.32 Å². The second-order valence-corrected chi connectivity index (χ2v) is 9.87. The van der Waals surface area contributed by atoms with Gasteiger partial charge in [0.05, 0.1) is 16.6 Å². The molecule has 1 atom stereocenters. The first kappa shape index (κ1) is 24.5. The van der Waals surface area contributed by atoms with E-state index in [1.807, 2.05) is 68.4 Å². The summed E-state index contributed by atoms with van der Waals surface area (Å²) in [4.78, 5) is 32.1. The maximum Gasteiger partial charge on any atom is 0.266 e. The predicted octanol–water partition coefficient (Wildman–Crippen LogP) is 6.61. The van der Waals surface area contributed by atoms with Gasteiger partial charge in [0.2, 0.25) is 5.91 Å². The van der Waals surface area contributed by atoms with Crippen molar-refractivity contribution in [3.8, 4) is 5.69 Å². The fourth-order valence-electron chi connectivity index (χ4n) is 4.27. The van der Waals surface area contributed by atoms with Crippen molar-refractivity contribution >= 4 is 34.3 Å². The molecular weight excluding hydrogens is 485 g/mol. The number of anilines is 1. The lowest BCUT2D eigenvalue weighted by molar-refractivity contribution is -0.115. The van der Waals surface area contributed by atoms with Gasteiger partial charge in [-0.05, 0) is 79.1 Å². The molecular formula is C30H24FN3O2S. The largest absolute Gasteiger partial charge is 0.325 e. The van der Waals surface area contributed by atoms with Crippen molar-refractivity contribution < 1.29 is 9.18 Å². The van der Waals surface area contributed by atoms with E-state index in [1.54, 1.807) is 18.2 Å². The zero-order valence-electron chi connectivity index (χ0n) is 20.3. The van der Waals surface area contributed by atoms with Gasteiger partial charge in [-0.3, -0.25) is 14.2 Å². The van der Waals surface area contributed by atoms with Crippen LogP contribution in [0.25, 0.3) is 16.6 Å². The molecule has 0 aliphatic carbocycles. The Hall–Kier alpha value is -4.23. The van der Waals surface area contributed by atoms with Crippen molar-refractivity contribution in [3.05, 3.63) is 130 Å². The number of amides is 1. The summed E-state index contributed by atoms with van der Waals surface area (Å²) in [6.07, 6.45) is 0. The molecule has 5 nitrogen and oxygen atoms in total. The number of thioether (sulfide) groups is 1. The third-order valence-corrected chi connectivity index (χ3v) is 7.09. The third kappa shape index (κ3) is 5.32. The SMILES string of the molecule is Cc1cc(C)cc(NC(=O)C(Sc2nc3ccccc3c(=O)n2-c2ccc(F)cc2)c2ccccc2)c1. The van der Waals surface area contributed by atoms with Crippen LogP contribution in [0.4, 0.5) is 10.1 Å². The molecule has 0 saturated carbocycles. The summed E-state index contributed by atoms with van der Waals surface area (Å²) in [7, 11) is 0.